The lowest BCUT2D eigenvalue weighted by Crippen LogP contribution is -2.18. The number of aromatic nitrogens is 1. The Morgan fingerprint density at radius 2 is 2.48 bits per heavy atom. The molecular weight excluding hydrogens is 286 g/mol. The van der Waals surface area contributed by atoms with Crippen LogP contribution in [0.5, 0.6) is 5.75 Å². The molecule has 1 aromatic heterocycles. The Morgan fingerprint density at radius 3 is 3.24 bits per heavy atom. The van der Waals surface area contributed by atoms with Crippen LogP contribution in [0.15, 0.2) is 18.2 Å². The van der Waals surface area contributed by atoms with E-state index in [1.807, 2.05) is 25.1 Å². The molecule has 1 amide bonds. The highest BCUT2D eigenvalue weighted by atomic mass is 32.1. The molecule has 2 aromatic rings. The van der Waals surface area contributed by atoms with Crippen LogP contribution in [0.3, 0.4) is 0 Å². The molecule has 5 nitrogen and oxygen atoms in total. The fraction of sp³-hybridized carbons (Fsp3) is 0.467. The Hall–Kier alpha value is -1.66. The smallest absolute Gasteiger partial charge is 0.226 e. The quantitative estimate of drug-likeness (QED) is 0.891. The van der Waals surface area contributed by atoms with Gasteiger partial charge >= 0.3 is 0 Å². The minimum absolute atomic E-state index is 0.0489. The third kappa shape index (κ3) is 3.51. The monoisotopic (exact) mass is 305 g/mol. The summed E-state index contributed by atoms with van der Waals surface area (Å²) in [6, 6.07) is 5.79. The molecule has 1 unspecified atom stereocenters. The molecule has 0 bridgehead atoms. The zero-order valence-corrected chi connectivity index (χ0v) is 12.8. The fourth-order valence-electron chi connectivity index (χ4n) is 2.54. The maximum atomic E-state index is 12.0. The molecule has 6 heteroatoms. The Bertz CT molecular complexity index is 635. The molecule has 1 fully saturated rings. The largest absolute Gasteiger partial charge is 0.494 e. The van der Waals surface area contributed by atoms with Crippen LogP contribution in [0.2, 0.25) is 0 Å². The van der Waals surface area contributed by atoms with Gasteiger partial charge in [-0.1, -0.05) is 11.3 Å². The van der Waals surface area contributed by atoms with Gasteiger partial charge in [0, 0.05) is 6.42 Å². The van der Waals surface area contributed by atoms with Crippen LogP contribution in [0.1, 0.15) is 19.8 Å². The van der Waals surface area contributed by atoms with Gasteiger partial charge < -0.3 is 15.4 Å². The van der Waals surface area contributed by atoms with E-state index in [1.54, 1.807) is 0 Å². The van der Waals surface area contributed by atoms with Crippen LogP contribution in [0, 0.1) is 5.92 Å². The number of thiazole rings is 1. The van der Waals surface area contributed by atoms with Gasteiger partial charge in [0.25, 0.3) is 0 Å². The molecule has 112 valence electrons. The van der Waals surface area contributed by atoms with Crippen LogP contribution in [-0.2, 0) is 4.79 Å². The zero-order valence-electron chi connectivity index (χ0n) is 12.0. The third-order valence-electron chi connectivity index (χ3n) is 3.55. The van der Waals surface area contributed by atoms with E-state index in [9.17, 15) is 4.79 Å². The van der Waals surface area contributed by atoms with Crippen molar-refractivity contribution in [3.05, 3.63) is 18.2 Å². The van der Waals surface area contributed by atoms with E-state index in [0.29, 0.717) is 24.1 Å². The Balaban J connectivity index is 1.67. The van der Waals surface area contributed by atoms with E-state index >= 15 is 0 Å². The minimum Gasteiger partial charge on any atom is -0.494 e. The summed E-state index contributed by atoms with van der Waals surface area (Å²) < 4.78 is 6.50. The molecule has 1 aliphatic rings. The number of fused-ring (bicyclic) bond motifs is 1. The molecule has 21 heavy (non-hydrogen) atoms. The first-order valence-corrected chi connectivity index (χ1v) is 8.10. The number of hydrogen-bond donors (Lipinski definition) is 2. The SMILES string of the molecule is CCOc1ccc2nc(NC(=O)CC3CCNC3)sc2c1. The van der Waals surface area contributed by atoms with Gasteiger partial charge in [0.2, 0.25) is 5.91 Å². The van der Waals surface area contributed by atoms with Gasteiger partial charge in [-0.05, 0) is 50.6 Å². The Morgan fingerprint density at radius 1 is 1.57 bits per heavy atom. The van der Waals surface area contributed by atoms with Crippen molar-refractivity contribution in [2.24, 2.45) is 5.92 Å². The number of carbonyl (C=O) groups is 1. The zero-order chi connectivity index (χ0) is 14.7. The second-order valence-corrected chi connectivity index (χ2v) is 6.22. The first kappa shape index (κ1) is 14.3. The normalized spacial score (nSPS) is 18.0. The van der Waals surface area contributed by atoms with Crippen LogP contribution in [-0.4, -0.2) is 30.6 Å². The summed E-state index contributed by atoms with van der Waals surface area (Å²) in [7, 11) is 0. The van der Waals surface area contributed by atoms with Gasteiger partial charge in [-0.3, -0.25) is 4.79 Å². The van der Waals surface area contributed by atoms with E-state index in [4.69, 9.17) is 4.74 Å². The molecule has 0 radical (unpaired) electrons. The van der Waals surface area contributed by atoms with E-state index in [1.165, 1.54) is 11.3 Å². The second-order valence-electron chi connectivity index (χ2n) is 5.19. The van der Waals surface area contributed by atoms with Gasteiger partial charge in [0.05, 0.1) is 16.8 Å². The summed E-state index contributed by atoms with van der Waals surface area (Å²) in [6.07, 6.45) is 1.64. The molecule has 2 N–H and O–H groups in total. The number of nitrogens with one attached hydrogen (secondary N) is 2. The topological polar surface area (TPSA) is 63.2 Å². The number of nitrogens with zero attached hydrogens (tertiary/aromatic N) is 1. The van der Waals surface area contributed by atoms with Gasteiger partial charge in [0.1, 0.15) is 5.75 Å². The van der Waals surface area contributed by atoms with Crippen molar-refractivity contribution < 1.29 is 9.53 Å². The van der Waals surface area contributed by atoms with Crippen molar-refractivity contribution in [1.29, 1.82) is 0 Å². The minimum atomic E-state index is 0.0489. The van der Waals surface area contributed by atoms with E-state index in [-0.39, 0.29) is 5.91 Å². The van der Waals surface area contributed by atoms with Crippen molar-refractivity contribution in [2.75, 3.05) is 25.0 Å². The standard InChI is InChI=1S/C15H19N3O2S/c1-2-20-11-3-4-12-13(8-11)21-15(17-12)18-14(19)7-10-5-6-16-9-10/h3-4,8,10,16H,2,5-7,9H2,1H3,(H,17,18,19). The molecule has 0 spiro atoms. The molecule has 1 aromatic carbocycles. The molecule has 0 aliphatic carbocycles. The Kier molecular flexibility index (Phi) is 4.36. The van der Waals surface area contributed by atoms with E-state index in [0.717, 1.165) is 35.5 Å². The second kappa shape index (κ2) is 6.41. The van der Waals surface area contributed by atoms with Gasteiger partial charge in [-0.25, -0.2) is 4.98 Å². The molecule has 1 saturated heterocycles. The number of rotatable bonds is 5. The number of anilines is 1. The van der Waals surface area contributed by atoms with E-state index < -0.39 is 0 Å². The number of ether oxygens (including phenoxy) is 1. The highest BCUT2D eigenvalue weighted by Crippen LogP contribution is 2.29. The maximum absolute atomic E-state index is 12.0. The highest BCUT2D eigenvalue weighted by molar-refractivity contribution is 7.22. The van der Waals surface area contributed by atoms with Crippen LogP contribution < -0.4 is 15.4 Å². The third-order valence-corrected chi connectivity index (χ3v) is 4.49. The van der Waals surface area contributed by atoms with Crippen LogP contribution in [0.25, 0.3) is 10.2 Å². The summed E-state index contributed by atoms with van der Waals surface area (Å²) in [4.78, 5) is 16.5. The summed E-state index contributed by atoms with van der Waals surface area (Å²) in [5.41, 5.74) is 0.890. The molecule has 0 saturated carbocycles. The summed E-state index contributed by atoms with van der Waals surface area (Å²) in [5.74, 6) is 1.33. The van der Waals surface area contributed by atoms with Gasteiger partial charge in [0.15, 0.2) is 5.13 Å². The molecule has 1 atom stereocenters. The van der Waals surface area contributed by atoms with Crippen molar-refractivity contribution in [3.8, 4) is 5.75 Å². The highest BCUT2D eigenvalue weighted by Gasteiger charge is 2.18. The average molecular weight is 305 g/mol. The summed E-state index contributed by atoms with van der Waals surface area (Å²) >= 11 is 1.48. The number of benzene rings is 1. The molecule has 3 rings (SSSR count). The van der Waals surface area contributed by atoms with Crippen LogP contribution >= 0.6 is 11.3 Å². The van der Waals surface area contributed by atoms with Crippen molar-refractivity contribution >= 4 is 32.6 Å². The number of amides is 1. The lowest BCUT2D eigenvalue weighted by Gasteiger charge is -2.06. The summed E-state index contributed by atoms with van der Waals surface area (Å²) in [6.45, 7) is 4.55. The first-order chi connectivity index (χ1) is 10.2. The predicted octanol–water partition coefficient (Wildman–Crippen LogP) is 2.63. The van der Waals surface area contributed by atoms with E-state index in [2.05, 4.69) is 15.6 Å². The Labute approximate surface area is 127 Å². The van der Waals surface area contributed by atoms with Crippen molar-refractivity contribution in [3.63, 3.8) is 0 Å². The molecule has 1 aliphatic heterocycles. The average Bonchev–Trinajstić information content (AvgIpc) is 3.07. The number of hydrogen-bond acceptors (Lipinski definition) is 5. The van der Waals surface area contributed by atoms with Crippen molar-refractivity contribution in [1.82, 2.24) is 10.3 Å². The maximum Gasteiger partial charge on any atom is 0.226 e. The van der Waals surface area contributed by atoms with Crippen LogP contribution in [0.4, 0.5) is 5.13 Å². The first-order valence-electron chi connectivity index (χ1n) is 7.28. The van der Waals surface area contributed by atoms with Gasteiger partial charge in [-0.2, -0.15) is 0 Å². The lowest BCUT2D eigenvalue weighted by atomic mass is 10.1. The fourth-order valence-corrected chi connectivity index (χ4v) is 3.45. The molecular formula is C15H19N3O2S. The van der Waals surface area contributed by atoms with Crippen molar-refractivity contribution in [2.45, 2.75) is 19.8 Å². The molecule has 2 heterocycles. The summed E-state index contributed by atoms with van der Waals surface area (Å²) in [5, 5.41) is 6.85. The number of carbonyl (C=O) groups excluding carboxylic acids is 1. The lowest BCUT2D eigenvalue weighted by molar-refractivity contribution is -0.116. The van der Waals surface area contributed by atoms with Gasteiger partial charge in [-0.15, -0.1) is 0 Å². The predicted molar refractivity (Wildman–Crippen MR) is 85.0 cm³/mol.